The number of hydrogen-bond donors (Lipinski definition) is 3. The molecule has 3 aromatic rings. The van der Waals surface area contributed by atoms with Crippen LogP contribution in [0.25, 0.3) is 22.6 Å². The number of H-pyrrole nitrogens is 1. The summed E-state index contributed by atoms with van der Waals surface area (Å²) in [6, 6.07) is 9.38. The summed E-state index contributed by atoms with van der Waals surface area (Å²) in [7, 11) is 0. The molecule has 0 unspecified atom stereocenters. The molecule has 3 heterocycles. The van der Waals surface area contributed by atoms with E-state index in [9.17, 15) is 4.79 Å². The Hall–Kier alpha value is -2.60. The summed E-state index contributed by atoms with van der Waals surface area (Å²) in [5.74, 6) is 1.57. The average Bonchev–Trinajstić information content (AvgIpc) is 3.24. The molecular weight excluding hydrogens is 292 g/mol. The summed E-state index contributed by atoms with van der Waals surface area (Å²) in [5, 5.41) is 6.28. The number of hydrogen-bond acceptors (Lipinski definition) is 4. The van der Waals surface area contributed by atoms with Gasteiger partial charge >= 0.3 is 0 Å². The van der Waals surface area contributed by atoms with Crippen molar-refractivity contribution in [3.05, 3.63) is 36.6 Å². The number of amides is 1. The van der Waals surface area contributed by atoms with Crippen LogP contribution in [0.2, 0.25) is 0 Å². The maximum atomic E-state index is 12.3. The van der Waals surface area contributed by atoms with Crippen LogP contribution in [0.4, 0.5) is 5.69 Å². The van der Waals surface area contributed by atoms with Crippen molar-refractivity contribution < 1.29 is 9.21 Å². The van der Waals surface area contributed by atoms with Crippen LogP contribution in [0.15, 0.2) is 41.0 Å². The lowest BCUT2D eigenvalue weighted by molar-refractivity contribution is -0.120. The van der Waals surface area contributed by atoms with Gasteiger partial charge in [-0.3, -0.25) is 4.79 Å². The third kappa shape index (κ3) is 2.85. The molecule has 0 radical (unpaired) electrons. The predicted molar refractivity (Wildman–Crippen MR) is 88.0 cm³/mol. The molecule has 0 bridgehead atoms. The minimum absolute atomic E-state index is 0.0902. The largest absolute Gasteiger partial charge is 0.461 e. The third-order valence-corrected chi connectivity index (χ3v) is 4.21. The zero-order chi connectivity index (χ0) is 15.6. The van der Waals surface area contributed by atoms with E-state index in [-0.39, 0.29) is 11.8 Å². The summed E-state index contributed by atoms with van der Waals surface area (Å²) in [4.78, 5) is 20.0. The van der Waals surface area contributed by atoms with Crippen LogP contribution >= 0.6 is 0 Å². The standard InChI is InChI=1S/C17H18N4O2/c22-17(11-5-7-18-8-6-11)19-12-3-4-13-14(10-12)21-16(20-13)15-2-1-9-23-15/h1-4,9-11,18H,5-8H2,(H,19,22)(H,20,21). The van der Waals surface area contributed by atoms with E-state index in [2.05, 4.69) is 20.6 Å². The first-order valence-corrected chi connectivity index (χ1v) is 7.85. The van der Waals surface area contributed by atoms with Gasteiger partial charge in [-0.25, -0.2) is 4.98 Å². The molecule has 1 fully saturated rings. The third-order valence-electron chi connectivity index (χ3n) is 4.21. The molecule has 23 heavy (non-hydrogen) atoms. The number of imidazole rings is 1. The lowest BCUT2D eigenvalue weighted by Gasteiger charge is -2.21. The van der Waals surface area contributed by atoms with E-state index >= 15 is 0 Å². The van der Waals surface area contributed by atoms with E-state index in [4.69, 9.17) is 4.42 Å². The van der Waals surface area contributed by atoms with Gasteiger partial charge in [0.25, 0.3) is 0 Å². The van der Waals surface area contributed by atoms with Crippen molar-refractivity contribution in [1.29, 1.82) is 0 Å². The Morgan fingerprint density at radius 3 is 2.91 bits per heavy atom. The van der Waals surface area contributed by atoms with Crippen LogP contribution < -0.4 is 10.6 Å². The summed E-state index contributed by atoms with van der Waals surface area (Å²) >= 11 is 0. The molecule has 0 atom stereocenters. The molecule has 0 aliphatic carbocycles. The van der Waals surface area contributed by atoms with Crippen LogP contribution in [0.5, 0.6) is 0 Å². The maximum absolute atomic E-state index is 12.3. The van der Waals surface area contributed by atoms with Gasteiger partial charge in [0, 0.05) is 11.6 Å². The smallest absolute Gasteiger partial charge is 0.227 e. The minimum atomic E-state index is 0.0902. The van der Waals surface area contributed by atoms with Gasteiger partial charge in [-0.1, -0.05) is 0 Å². The second-order valence-corrected chi connectivity index (χ2v) is 5.81. The monoisotopic (exact) mass is 310 g/mol. The Balaban J connectivity index is 1.55. The Morgan fingerprint density at radius 1 is 1.26 bits per heavy atom. The van der Waals surface area contributed by atoms with Crippen molar-refractivity contribution >= 4 is 22.6 Å². The van der Waals surface area contributed by atoms with E-state index in [1.54, 1.807) is 6.26 Å². The van der Waals surface area contributed by atoms with Crippen LogP contribution in [0.3, 0.4) is 0 Å². The minimum Gasteiger partial charge on any atom is -0.461 e. The molecule has 1 aliphatic rings. The molecule has 118 valence electrons. The molecule has 1 amide bonds. The normalized spacial score (nSPS) is 15.8. The van der Waals surface area contributed by atoms with Gasteiger partial charge in [-0.2, -0.15) is 0 Å². The molecule has 6 heteroatoms. The number of nitrogens with zero attached hydrogens (tertiary/aromatic N) is 1. The summed E-state index contributed by atoms with van der Waals surface area (Å²) in [6.07, 6.45) is 3.40. The number of nitrogens with one attached hydrogen (secondary N) is 3. The SMILES string of the molecule is O=C(Nc1ccc2nc(-c3ccco3)[nH]c2c1)C1CCNCC1. The van der Waals surface area contributed by atoms with Crippen molar-refractivity contribution in [2.45, 2.75) is 12.8 Å². The van der Waals surface area contributed by atoms with Crippen LogP contribution in [0.1, 0.15) is 12.8 Å². The fourth-order valence-electron chi connectivity index (χ4n) is 2.95. The molecule has 0 saturated carbocycles. The molecule has 2 aromatic heterocycles. The molecule has 3 N–H and O–H groups in total. The van der Waals surface area contributed by atoms with Gasteiger partial charge in [0.1, 0.15) is 0 Å². The van der Waals surface area contributed by atoms with Gasteiger partial charge < -0.3 is 20.0 Å². The Labute approximate surface area is 133 Å². The number of carbonyl (C=O) groups excluding carboxylic acids is 1. The number of benzene rings is 1. The molecule has 1 aliphatic heterocycles. The summed E-state index contributed by atoms with van der Waals surface area (Å²) < 4.78 is 5.35. The van der Waals surface area contributed by atoms with Gasteiger partial charge in [0.05, 0.1) is 17.3 Å². The molecule has 4 rings (SSSR count). The van der Waals surface area contributed by atoms with E-state index in [1.165, 1.54) is 0 Å². The van der Waals surface area contributed by atoms with Crippen molar-refractivity contribution in [3.8, 4) is 11.6 Å². The van der Waals surface area contributed by atoms with Gasteiger partial charge in [-0.05, 0) is 56.3 Å². The van der Waals surface area contributed by atoms with E-state index in [0.717, 1.165) is 42.7 Å². The molecule has 1 saturated heterocycles. The predicted octanol–water partition coefficient (Wildman–Crippen LogP) is 2.76. The van der Waals surface area contributed by atoms with E-state index in [1.807, 2.05) is 30.3 Å². The molecule has 1 aromatic carbocycles. The lowest BCUT2D eigenvalue weighted by Crippen LogP contribution is -2.34. The van der Waals surface area contributed by atoms with Crippen LogP contribution in [-0.2, 0) is 4.79 Å². The second kappa shape index (κ2) is 5.89. The first-order valence-electron chi connectivity index (χ1n) is 7.85. The average molecular weight is 310 g/mol. The number of anilines is 1. The van der Waals surface area contributed by atoms with Gasteiger partial charge in [0.15, 0.2) is 11.6 Å². The highest BCUT2D eigenvalue weighted by molar-refractivity contribution is 5.94. The van der Waals surface area contributed by atoms with Crippen molar-refractivity contribution in [2.75, 3.05) is 18.4 Å². The van der Waals surface area contributed by atoms with E-state index in [0.29, 0.717) is 11.6 Å². The first kappa shape index (κ1) is 14.0. The topological polar surface area (TPSA) is 83.0 Å². The van der Waals surface area contributed by atoms with Gasteiger partial charge in [-0.15, -0.1) is 0 Å². The van der Waals surface area contributed by atoms with Crippen LogP contribution in [0, 0.1) is 5.92 Å². The van der Waals surface area contributed by atoms with E-state index < -0.39 is 0 Å². The Bertz CT molecular complexity index is 816. The number of carbonyl (C=O) groups is 1. The Morgan fingerprint density at radius 2 is 2.13 bits per heavy atom. The highest BCUT2D eigenvalue weighted by Gasteiger charge is 2.21. The Kier molecular flexibility index (Phi) is 3.59. The number of fused-ring (bicyclic) bond motifs is 1. The van der Waals surface area contributed by atoms with Crippen molar-refractivity contribution in [3.63, 3.8) is 0 Å². The number of aromatic amines is 1. The fourth-order valence-corrected chi connectivity index (χ4v) is 2.95. The molecular formula is C17H18N4O2. The van der Waals surface area contributed by atoms with Gasteiger partial charge in [0.2, 0.25) is 5.91 Å². The quantitative estimate of drug-likeness (QED) is 0.694. The first-order chi connectivity index (χ1) is 11.3. The molecule has 0 spiro atoms. The second-order valence-electron chi connectivity index (χ2n) is 5.81. The lowest BCUT2D eigenvalue weighted by atomic mass is 9.97. The number of rotatable bonds is 3. The van der Waals surface area contributed by atoms with Crippen molar-refractivity contribution in [1.82, 2.24) is 15.3 Å². The zero-order valence-corrected chi connectivity index (χ0v) is 12.6. The summed E-state index contributed by atoms with van der Waals surface area (Å²) in [5.41, 5.74) is 2.51. The number of aromatic nitrogens is 2. The highest BCUT2D eigenvalue weighted by Crippen LogP contribution is 2.24. The van der Waals surface area contributed by atoms with Crippen LogP contribution in [-0.4, -0.2) is 29.0 Å². The molecule has 6 nitrogen and oxygen atoms in total. The maximum Gasteiger partial charge on any atom is 0.227 e. The highest BCUT2D eigenvalue weighted by atomic mass is 16.3. The number of furan rings is 1. The zero-order valence-electron chi connectivity index (χ0n) is 12.6. The number of piperidine rings is 1. The fraction of sp³-hybridized carbons (Fsp3) is 0.294. The summed E-state index contributed by atoms with van der Waals surface area (Å²) in [6.45, 7) is 1.81. The van der Waals surface area contributed by atoms with Crippen molar-refractivity contribution in [2.24, 2.45) is 5.92 Å².